The highest BCUT2D eigenvalue weighted by atomic mass is 32.2. The van der Waals surface area contributed by atoms with Crippen molar-refractivity contribution in [3.63, 3.8) is 0 Å². The van der Waals surface area contributed by atoms with E-state index >= 15 is 0 Å². The first kappa shape index (κ1) is 19.4. The van der Waals surface area contributed by atoms with Gasteiger partial charge in [-0.2, -0.15) is 0 Å². The Balaban J connectivity index is 1.73. The molecule has 1 fully saturated rings. The van der Waals surface area contributed by atoms with Crippen molar-refractivity contribution in [2.75, 3.05) is 24.3 Å². The smallest absolute Gasteiger partial charge is 0.261 e. The number of rotatable bonds is 6. The molecule has 0 saturated carbocycles. The molecule has 1 aliphatic rings. The highest BCUT2D eigenvalue weighted by Crippen LogP contribution is 2.33. The third-order valence-corrected chi connectivity index (χ3v) is 6.91. The molecule has 0 N–H and O–H groups in total. The van der Waals surface area contributed by atoms with Crippen LogP contribution in [0.25, 0.3) is 10.2 Å². The predicted octanol–water partition coefficient (Wildman–Crippen LogP) is 5.41. The Labute approximate surface area is 173 Å². The molecule has 1 atom stereocenters. The van der Waals surface area contributed by atoms with Crippen molar-refractivity contribution in [3.8, 4) is 0 Å². The van der Waals surface area contributed by atoms with Crippen LogP contribution in [0.1, 0.15) is 35.7 Å². The third kappa shape index (κ3) is 3.95. The van der Waals surface area contributed by atoms with Crippen molar-refractivity contribution in [2.45, 2.75) is 37.2 Å². The lowest BCUT2D eigenvalue weighted by molar-refractivity contribution is 0.0915. The maximum Gasteiger partial charge on any atom is 0.261 e. The molecule has 0 spiro atoms. The van der Waals surface area contributed by atoms with Crippen LogP contribution < -0.4 is 4.90 Å². The van der Waals surface area contributed by atoms with Gasteiger partial charge in [0, 0.05) is 11.5 Å². The molecule has 0 radical (unpaired) electrons. The predicted molar refractivity (Wildman–Crippen MR) is 118 cm³/mol. The summed E-state index contributed by atoms with van der Waals surface area (Å²) in [5, 5.41) is 0.750. The van der Waals surface area contributed by atoms with Gasteiger partial charge >= 0.3 is 0 Å². The molecule has 28 heavy (non-hydrogen) atoms. The van der Waals surface area contributed by atoms with E-state index < -0.39 is 0 Å². The van der Waals surface area contributed by atoms with E-state index in [-0.39, 0.29) is 12.0 Å². The van der Waals surface area contributed by atoms with Gasteiger partial charge in [-0.15, -0.1) is 11.8 Å². The summed E-state index contributed by atoms with van der Waals surface area (Å²) in [7, 11) is 0. The van der Waals surface area contributed by atoms with Crippen LogP contribution in [0.2, 0.25) is 0 Å². The number of aromatic nitrogens is 1. The van der Waals surface area contributed by atoms with Crippen LogP contribution in [-0.2, 0) is 11.2 Å². The lowest BCUT2D eigenvalue weighted by atomic mass is 10.1. The number of fused-ring (bicyclic) bond motifs is 1. The molecule has 3 aromatic rings. The van der Waals surface area contributed by atoms with Crippen LogP contribution in [0.3, 0.4) is 0 Å². The number of ether oxygens (including phenoxy) is 1. The average molecular weight is 413 g/mol. The molecule has 6 heteroatoms. The molecule has 2 heterocycles. The molecule has 1 aliphatic heterocycles. The van der Waals surface area contributed by atoms with Gasteiger partial charge in [0.2, 0.25) is 0 Å². The first-order valence-corrected chi connectivity index (χ1v) is 11.7. The summed E-state index contributed by atoms with van der Waals surface area (Å²) in [4.78, 5) is 21.1. The van der Waals surface area contributed by atoms with Gasteiger partial charge in [-0.1, -0.05) is 36.5 Å². The first-order chi connectivity index (χ1) is 13.7. The van der Waals surface area contributed by atoms with E-state index in [1.807, 2.05) is 35.4 Å². The SMILES string of the molecule is CCc1ccc2nc(N(CC3CCCO3)C(=O)c3ccccc3SC)sc2c1. The molecule has 1 saturated heterocycles. The summed E-state index contributed by atoms with van der Waals surface area (Å²) in [5.74, 6) is -0.00442. The van der Waals surface area contributed by atoms with Crippen LogP contribution >= 0.6 is 23.1 Å². The summed E-state index contributed by atoms with van der Waals surface area (Å²) in [6, 6.07) is 14.1. The Bertz CT molecular complexity index is 980. The fraction of sp³-hybridized carbons (Fsp3) is 0.364. The van der Waals surface area contributed by atoms with E-state index in [0.29, 0.717) is 6.54 Å². The van der Waals surface area contributed by atoms with Crippen molar-refractivity contribution in [3.05, 3.63) is 53.6 Å². The van der Waals surface area contributed by atoms with Gasteiger partial charge in [0.1, 0.15) is 0 Å². The summed E-state index contributed by atoms with van der Waals surface area (Å²) in [5.41, 5.74) is 2.95. The number of anilines is 1. The fourth-order valence-corrected chi connectivity index (χ4v) is 5.13. The van der Waals surface area contributed by atoms with Crippen molar-refractivity contribution in [1.29, 1.82) is 0 Å². The van der Waals surface area contributed by atoms with Crippen molar-refractivity contribution < 1.29 is 9.53 Å². The van der Waals surface area contributed by atoms with Gasteiger partial charge < -0.3 is 4.74 Å². The Morgan fingerprint density at radius 3 is 2.93 bits per heavy atom. The van der Waals surface area contributed by atoms with E-state index in [1.165, 1.54) is 5.56 Å². The van der Waals surface area contributed by atoms with Gasteiger partial charge in [-0.05, 0) is 55.3 Å². The maximum atomic E-state index is 13.5. The number of hydrogen-bond donors (Lipinski definition) is 0. The number of nitrogens with zero attached hydrogens (tertiary/aromatic N) is 2. The number of amides is 1. The largest absolute Gasteiger partial charge is 0.376 e. The lowest BCUT2D eigenvalue weighted by Gasteiger charge is -2.24. The quantitative estimate of drug-likeness (QED) is 0.508. The number of thioether (sulfide) groups is 1. The number of aryl methyl sites for hydroxylation is 1. The van der Waals surface area contributed by atoms with E-state index in [9.17, 15) is 4.79 Å². The van der Waals surface area contributed by atoms with Crippen LogP contribution in [0.5, 0.6) is 0 Å². The highest BCUT2D eigenvalue weighted by molar-refractivity contribution is 7.98. The van der Waals surface area contributed by atoms with E-state index in [0.717, 1.165) is 51.7 Å². The highest BCUT2D eigenvalue weighted by Gasteiger charge is 2.28. The van der Waals surface area contributed by atoms with Gasteiger partial charge in [0.15, 0.2) is 5.13 Å². The molecule has 1 unspecified atom stereocenters. The monoisotopic (exact) mass is 412 g/mol. The second-order valence-corrected chi connectivity index (χ2v) is 8.76. The molecule has 1 aromatic heterocycles. The Kier molecular flexibility index (Phi) is 5.99. The topological polar surface area (TPSA) is 42.4 Å². The molecule has 0 aliphatic carbocycles. The Morgan fingerprint density at radius 1 is 1.32 bits per heavy atom. The minimum absolute atomic E-state index is 0.00442. The molecule has 146 valence electrons. The first-order valence-electron chi connectivity index (χ1n) is 9.65. The molecular weight excluding hydrogens is 388 g/mol. The lowest BCUT2D eigenvalue weighted by Crippen LogP contribution is -2.37. The second kappa shape index (κ2) is 8.64. The number of carbonyl (C=O) groups excluding carboxylic acids is 1. The molecule has 0 bridgehead atoms. The molecule has 1 amide bonds. The third-order valence-electron chi connectivity index (χ3n) is 5.07. The number of thiazole rings is 1. The fourth-order valence-electron chi connectivity index (χ4n) is 3.50. The molecule has 2 aromatic carbocycles. The van der Waals surface area contributed by atoms with E-state index in [1.54, 1.807) is 23.1 Å². The maximum absolute atomic E-state index is 13.5. The number of benzene rings is 2. The molecule has 4 nitrogen and oxygen atoms in total. The summed E-state index contributed by atoms with van der Waals surface area (Å²) in [6.45, 7) is 3.46. The van der Waals surface area contributed by atoms with Gasteiger partial charge in [0.25, 0.3) is 5.91 Å². The zero-order valence-corrected chi connectivity index (χ0v) is 17.8. The van der Waals surface area contributed by atoms with Crippen LogP contribution in [-0.4, -0.2) is 36.4 Å². The zero-order valence-electron chi connectivity index (χ0n) is 16.2. The summed E-state index contributed by atoms with van der Waals surface area (Å²) >= 11 is 3.18. The number of hydrogen-bond acceptors (Lipinski definition) is 5. The van der Waals surface area contributed by atoms with Crippen molar-refractivity contribution in [1.82, 2.24) is 4.98 Å². The molecular formula is C22H24N2O2S2. The zero-order chi connectivity index (χ0) is 19.5. The minimum Gasteiger partial charge on any atom is -0.376 e. The normalized spacial score (nSPS) is 16.6. The van der Waals surface area contributed by atoms with Gasteiger partial charge in [-0.3, -0.25) is 9.69 Å². The Hall–Kier alpha value is -1.89. The van der Waals surface area contributed by atoms with Crippen molar-refractivity contribution >= 4 is 44.4 Å². The minimum atomic E-state index is -0.00442. The van der Waals surface area contributed by atoms with E-state index in [2.05, 4.69) is 25.1 Å². The average Bonchev–Trinajstić information content (AvgIpc) is 3.40. The van der Waals surface area contributed by atoms with Gasteiger partial charge in [-0.25, -0.2) is 4.98 Å². The van der Waals surface area contributed by atoms with Crippen LogP contribution in [0.4, 0.5) is 5.13 Å². The van der Waals surface area contributed by atoms with Crippen LogP contribution in [0, 0.1) is 0 Å². The van der Waals surface area contributed by atoms with Gasteiger partial charge in [0.05, 0.1) is 28.4 Å². The molecule has 4 rings (SSSR count). The Morgan fingerprint density at radius 2 is 2.18 bits per heavy atom. The summed E-state index contributed by atoms with van der Waals surface area (Å²) < 4.78 is 6.96. The number of carbonyl (C=O) groups is 1. The van der Waals surface area contributed by atoms with Crippen molar-refractivity contribution in [2.24, 2.45) is 0 Å². The standard InChI is InChI=1S/C22H24N2O2S2/c1-3-15-10-11-18-20(13-15)28-22(23-18)24(14-16-7-6-12-26-16)21(25)17-8-4-5-9-19(17)27-2/h4-5,8-11,13,16H,3,6-7,12,14H2,1-2H3. The van der Waals surface area contributed by atoms with Crippen LogP contribution in [0.15, 0.2) is 47.4 Å². The second-order valence-electron chi connectivity index (χ2n) is 6.90. The van der Waals surface area contributed by atoms with E-state index in [4.69, 9.17) is 9.72 Å². The summed E-state index contributed by atoms with van der Waals surface area (Å²) in [6.07, 6.45) is 5.10.